The number of aryl methyl sites for hydroxylation is 1. The summed E-state index contributed by atoms with van der Waals surface area (Å²) in [5.74, 6) is 0.242. The number of nitrogens with one attached hydrogen (secondary N) is 1. The predicted octanol–water partition coefficient (Wildman–Crippen LogP) is 4.30. The van der Waals surface area contributed by atoms with Gasteiger partial charge in [-0.1, -0.05) is 6.08 Å². The molecule has 0 fully saturated rings. The van der Waals surface area contributed by atoms with Gasteiger partial charge in [-0.3, -0.25) is 10.1 Å². The van der Waals surface area contributed by atoms with E-state index in [4.69, 9.17) is 10.00 Å². The van der Waals surface area contributed by atoms with E-state index in [9.17, 15) is 4.79 Å². The Balaban J connectivity index is 1.62. The first-order valence-corrected chi connectivity index (χ1v) is 9.56. The van der Waals surface area contributed by atoms with E-state index in [2.05, 4.69) is 41.4 Å². The molecule has 7 heteroatoms. The third-order valence-corrected chi connectivity index (χ3v) is 5.02. The highest BCUT2D eigenvalue weighted by atomic mass is 32.1. The van der Waals surface area contributed by atoms with Crippen molar-refractivity contribution in [2.45, 2.75) is 20.4 Å². The molecule has 3 rings (SSSR count). The van der Waals surface area contributed by atoms with Gasteiger partial charge in [0.15, 0.2) is 11.7 Å². The predicted molar refractivity (Wildman–Crippen MR) is 110 cm³/mol. The van der Waals surface area contributed by atoms with Crippen LogP contribution in [0.3, 0.4) is 0 Å². The van der Waals surface area contributed by atoms with Crippen LogP contribution in [0.5, 0.6) is 5.75 Å². The molecule has 0 spiro atoms. The number of benzene rings is 1. The number of aromatic nitrogens is 2. The van der Waals surface area contributed by atoms with Gasteiger partial charge in [-0.15, -0.1) is 17.9 Å². The smallest absolute Gasteiger partial charge is 0.264 e. The lowest BCUT2D eigenvalue weighted by molar-refractivity contribution is -0.118. The molecular formula is C21H20N4O2S. The average molecular weight is 392 g/mol. The van der Waals surface area contributed by atoms with Crippen LogP contribution < -0.4 is 10.1 Å². The van der Waals surface area contributed by atoms with Crippen molar-refractivity contribution in [1.82, 2.24) is 9.55 Å². The molecule has 0 aliphatic carbocycles. The van der Waals surface area contributed by atoms with E-state index < -0.39 is 0 Å². The first-order chi connectivity index (χ1) is 13.5. The standard InChI is InChI=1S/C21H20N4O2S/c1-4-9-25-14(2)10-18(15(25)3)19-13-28-21(23-19)24-20(26)12-27-17-7-5-16(11-22)6-8-17/h4-8,10,13H,1,9,12H2,2-3H3,(H,23,24,26). The maximum atomic E-state index is 12.1. The summed E-state index contributed by atoms with van der Waals surface area (Å²) < 4.78 is 7.61. The molecule has 0 bridgehead atoms. The van der Waals surface area contributed by atoms with Crippen molar-refractivity contribution in [2.75, 3.05) is 11.9 Å². The number of rotatable bonds is 7. The van der Waals surface area contributed by atoms with E-state index in [1.165, 1.54) is 11.3 Å². The molecule has 0 radical (unpaired) electrons. The minimum atomic E-state index is -0.289. The Morgan fingerprint density at radius 3 is 2.82 bits per heavy atom. The lowest BCUT2D eigenvalue weighted by Gasteiger charge is -2.06. The number of nitriles is 1. The summed E-state index contributed by atoms with van der Waals surface area (Å²) in [4.78, 5) is 16.7. The lowest BCUT2D eigenvalue weighted by atomic mass is 10.2. The summed E-state index contributed by atoms with van der Waals surface area (Å²) in [5.41, 5.74) is 4.67. The Bertz CT molecular complexity index is 1040. The van der Waals surface area contributed by atoms with Gasteiger partial charge in [0.25, 0.3) is 5.91 Å². The molecular weight excluding hydrogens is 372 g/mol. The maximum Gasteiger partial charge on any atom is 0.264 e. The Morgan fingerprint density at radius 1 is 1.39 bits per heavy atom. The number of allylic oxidation sites excluding steroid dienone is 1. The molecule has 1 amide bonds. The minimum absolute atomic E-state index is 0.130. The van der Waals surface area contributed by atoms with Gasteiger partial charge >= 0.3 is 0 Å². The quantitative estimate of drug-likeness (QED) is 0.608. The average Bonchev–Trinajstić information content (AvgIpc) is 3.26. The number of carbonyl (C=O) groups excluding carboxylic acids is 1. The second-order valence-corrected chi connectivity index (χ2v) is 7.05. The Morgan fingerprint density at radius 2 is 2.14 bits per heavy atom. The van der Waals surface area contributed by atoms with Crippen molar-refractivity contribution in [2.24, 2.45) is 0 Å². The third kappa shape index (κ3) is 4.30. The number of hydrogen-bond acceptors (Lipinski definition) is 5. The van der Waals surface area contributed by atoms with Crippen molar-refractivity contribution in [1.29, 1.82) is 5.26 Å². The van der Waals surface area contributed by atoms with Gasteiger partial charge < -0.3 is 9.30 Å². The van der Waals surface area contributed by atoms with Crippen molar-refractivity contribution < 1.29 is 9.53 Å². The molecule has 142 valence electrons. The van der Waals surface area contributed by atoms with Gasteiger partial charge in [-0.05, 0) is 44.2 Å². The van der Waals surface area contributed by atoms with E-state index in [-0.39, 0.29) is 12.5 Å². The second-order valence-electron chi connectivity index (χ2n) is 6.20. The first-order valence-electron chi connectivity index (χ1n) is 8.68. The molecule has 1 N–H and O–H groups in total. The molecule has 2 heterocycles. The van der Waals surface area contributed by atoms with E-state index in [0.29, 0.717) is 16.4 Å². The van der Waals surface area contributed by atoms with Crippen molar-refractivity contribution in [3.63, 3.8) is 0 Å². The Kier molecular flexibility index (Phi) is 5.92. The normalized spacial score (nSPS) is 10.3. The fourth-order valence-corrected chi connectivity index (χ4v) is 3.58. The molecule has 28 heavy (non-hydrogen) atoms. The summed E-state index contributed by atoms with van der Waals surface area (Å²) in [5, 5.41) is 14.0. The van der Waals surface area contributed by atoms with Crippen LogP contribution >= 0.6 is 11.3 Å². The van der Waals surface area contributed by atoms with Gasteiger partial charge in [0.2, 0.25) is 0 Å². The zero-order chi connectivity index (χ0) is 20.1. The lowest BCUT2D eigenvalue weighted by Crippen LogP contribution is -2.20. The fourth-order valence-electron chi connectivity index (χ4n) is 2.86. The number of anilines is 1. The molecule has 6 nitrogen and oxygen atoms in total. The highest BCUT2D eigenvalue weighted by molar-refractivity contribution is 7.14. The summed E-state index contributed by atoms with van der Waals surface area (Å²) >= 11 is 1.37. The number of amides is 1. The molecule has 0 unspecified atom stereocenters. The van der Waals surface area contributed by atoms with Crippen LogP contribution in [0.4, 0.5) is 5.13 Å². The molecule has 0 atom stereocenters. The molecule has 0 saturated heterocycles. The van der Waals surface area contributed by atoms with E-state index in [0.717, 1.165) is 29.2 Å². The Hall–Kier alpha value is -3.37. The molecule has 0 aliphatic heterocycles. The minimum Gasteiger partial charge on any atom is -0.484 e. The molecule has 2 aromatic heterocycles. The van der Waals surface area contributed by atoms with Crippen LogP contribution in [0.25, 0.3) is 11.3 Å². The summed E-state index contributed by atoms with van der Waals surface area (Å²) in [6, 6.07) is 10.7. The zero-order valence-electron chi connectivity index (χ0n) is 15.7. The fraction of sp³-hybridized carbons (Fsp3) is 0.190. The van der Waals surface area contributed by atoms with Gasteiger partial charge in [0.1, 0.15) is 5.75 Å². The van der Waals surface area contributed by atoms with Crippen molar-refractivity contribution >= 4 is 22.4 Å². The van der Waals surface area contributed by atoms with E-state index >= 15 is 0 Å². The monoisotopic (exact) mass is 392 g/mol. The van der Waals surface area contributed by atoms with Crippen molar-refractivity contribution in [3.8, 4) is 23.1 Å². The maximum absolute atomic E-state index is 12.1. The molecule has 0 saturated carbocycles. The second kappa shape index (κ2) is 8.55. The number of carbonyl (C=O) groups is 1. The molecule has 1 aromatic carbocycles. The van der Waals surface area contributed by atoms with E-state index in [1.54, 1.807) is 24.3 Å². The molecule has 3 aromatic rings. The number of ether oxygens (including phenoxy) is 1. The summed E-state index contributed by atoms with van der Waals surface area (Å²) in [7, 11) is 0. The number of nitrogens with zero attached hydrogens (tertiary/aromatic N) is 3. The van der Waals surface area contributed by atoms with Crippen LogP contribution in [-0.2, 0) is 11.3 Å². The molecule has 0 aliphatic rings. The van der Waals surface area contributed by atoms with Crippen LogP contribution in [0, 0.1) is 25.2 Å². The van der Waals surface area contributed by atoms with Gasteiger partial charge in [0, 0.05) is 28.9 Å². The Labute approximate surface area is 167 Å². The number of thiazole rings is 1. The van der Waals surface area contributed by atoms with Crippen LogP contribution in [0.2, 0.25) is 0 Å². The van der Waals surface area contributed by atoms with Crippen LogP contribution in [0.15, 0.2) is 48.4 Å². The van der Waals surface area contributed by atoms with Crippen LogP contribution in [-0.4, -0.2) is 22.1 Å². The summed E-state index contributed by atoms with van der Waals surface area (Å²) in [6.07, 6.45) is 1.87. The van der Waals surface area contributed by atoms with Gasteiger partial charge in [-0.25, -0.2) is 4.98 Å². The SMILES string of the molecule is C=CCn1c(C)cc(-c2csc(NC(=O)COc3ccc(C#N)cc3)n2)c1C. The highest BCUT2D eigenvalue weighted by Crippen LogP contribution is 2.30. The van der Waals surface area contributed by atoms with Crippen molar-refractivity contribution in [3.05, 3.63) is 65.3 Å². The first kappa shape index (κ1) is 19.4. The number of hydrogen-bond donors (Lipinski definition) is 1. The van der Waals surface area contributed by atoms with Gasteiger partial charge in [-0.2, -0.15) is 5.26 Å². The van der Waals surface area contributed by atoms with E-state index in [1.807, 2.05) is 17.5 Å². The summed E-state index contributed by atoms with van der Waals surface area (Å²) in [6.45, 7) is 8.52. The zero-order valence-corrected chi connectivity index (χ0v) is 16.5. The largest absolute Gasteiger partial charge is 0.484 e. The third-order valence-electron chi connectivity index (χ3n) is 4.27. The van der Waals surface area contributed by atoms with Crippen LogP contribution in [0.1, 0.15) is 17.0 Å². The van der Waals surface area contributed by atoms with Gasteiger partial charge in [0.05, 0.1) is 17.3 Å². The highest BCUT2D eigenvalue weighted by Gasteiger charge is 2.14. The topological polar surface area (TPSA) is 79.9 Å².